The molecule has 5 nitrogen and oxygen atoms in total. The largest absolute Gasteiger partial charge is 0.347 e. The highest BCUT2D eigenvalue weighted by molar-refractivity contribution is 7.13. The summed E-state index contributed by atoms with van der Waals surface area (Å²) in [7, 11) is 0. The molecule has 0 radical (unpaired) electrons. The minimum Gasteiger partial charge on any atom is -0.347 e. The fraction of sp³-hybridized carbons (Fsp3) is 0.375. The Balaban J connectivity index is 1.55. The second-order valence-electron chi connectivity index (χ2n) is 5.56. The molecule has 2 aromatic rings. The van der Waals surface area contributed by atoms with Gasteiger partial charge in [0.05, 0.1) is 12.7 Å². The van der Waals surface area contributed by atoms with E-state index in [-0.39, 0.29) is 5.91 Å². The van der Waals surface area contributed by atoms with Crippen LogP contribution in [0.15, 0.2) is 24.4 Å². The standard InChI is InChI=1S/C16H18Cl2N4OS/c17-12-2-1-11(13(18)7-12)8-21-16(23)14-9-20-15(24-14)10-22-5-3-19-4-6-22/h1-2,7,9,19H,3-6,8,10H2,(H,21,23). The Labute approximate surface area is 155 Å². The zero-order chi connectivity index (χ0) is 16.9. The molecular formula is C16H18Cl2N4OS. The summed E-state index contributed by atoms with van der Waals surface area (Å²) in [4.78, 5) is 19.6. The number of nitrogens with zero attached hydrogens (tertiary/aromatic N) is 2. The molecule has 1 aromatic heterocycles. The average molecular weight is 385 g/mol. The lowest BCUT2D eigenvalue weighted by atomic mass is 10.2. The van der Waals surface area contributed by atoms with Crippen molar-refractivity contribution in [1.29, 1.82) is 0 Å². The quantitative estimate of drug-likeness (QED) is 0.831. The highest BCUT2D eigenvalue weighted by atomic mass is 35.5. The van der Waals surface area contributed by atoms with Gasteiger partial charge < -0.3 is 10.6 Å². The first-order valence-electron chi connectivity index (χ1n) is 7.72. The predicted octanol–water partition coefficient (Wildman–Crippen LogP) is 2.79. The number of carbonyl (C=O) groups is 1. The molecule has 2 N–H and O–H groups in total. The van der Waals surface area contributed by atoms with Crippen LogP contribution in [0.5, 0.6) is 0 Å². The zero-order valence-electron chi connectivity index (χ0n) is 13.0. The Morgan fingerprint density at radius 2 is 2.12 bits per heavy atom. The van der Waals surface area contributed by atoms with Crippen LogP contribution >= 0.6 is 34.5 Å². The van der Waals surface area contributed by atoms with Crippen LogP contribution in [0, 0.1) is 0 Å². The third kappa shape index (κ3) is 4.68. The topological polar surface area (TPSA) is 57.3 Å². The monoisotopic (exact) mass is 384 g/mol. The second-order valence-corrected chi connectivity index (χ2v) is 7.52. The second kappa shape index (κ2) is 8.27. The molecule has 0 unspecified atom stereocenters. The summed E-state index contributed by atoms with van der Waals surface area (Å²) in [6.45, 7) is 5.18. The number of thiazole rings is 1. The van der Waals surface area contributed by atoms with Crippen LogP contribution in [0.1, 0.15) is 20.2 Å². The summed E-state index contributed by atoms with van der Waals surface area (Å²) in [6, 6.07) is 5.24. The van der Waals surface area contributed by atoms with Crippen molar-refractivity contribution in [3.05, 3.63) is 49.9 Å². The third-order valence-electron chi connectivity index (χ3n) is 3.80. The van der Waals surface area contributed by atoms with Crippen LogP contribution in [-0.2, 0) is 13.1 Å². The number of carbonyl (C=O) groups excluding carboxylic acids is 1. The number of hydrogen-bond acceptors (Lipinski definition) is 5. The molecule has 1 amide bonds. The van der Waals surface area contributed by atoms with Gasteiger partial charge in [-0.1, -0.05) is 29.3 Å². The molecule has 0 spiro atoms. The van der Waals surface area contributed by atoms with Gasteiger partial charge in [0.15, 0.2) is 0 Å². The first-order chi connectivity index (χ1) is 11.6. The summed E-state index contributed by atoms with van der Waals surface area (Å²) in [5, 5.41) is 8.29. The molecule has 8 heteroatoms. The van der Waals surface area contributed by atoms with Crippen LogP contribution in [0.3, 0.4) is 0 Å². The fourth-order valence-corrected chi connectivity index (χ4v) is 3.83. The Bertz CT molecular complexity index is 716. The van der Waals surface area contributed by atoms with E-state index in [1.807, 2.05) is 6.07 Å². The highest BCUT2D eigenvalue weighted by Gasteiger charge is 2.15. The van der Waals surface area contributed by atoms with Gasteiger partial charge >= 0.3 is 0 Å². The van der Waals surface area contributed by atoms with Gasteiger partial charge in [-0.25, -0.2) is 4.98 Å². The summed E-state index contributed by atoms with van der Waals surface area (Å²) in [5.41, 5.74) is 0.833. The molecule has 1 aliphatic heterocycles. The minimum absolute atomic E-state index is 0.134. The van der Waals surface area contributed by atoms with E-state index in [1.54, 1.807) is 18.3 Å². The number of hydrogen-bond donors (Lipinski definition) is 2. The number of halogens is 2. The number of aromatic nitrogens is 1. The molecule has 0 aliphatic carbocycles. The maximum Gasteiger partial charge on any atom is 0.263 e. The molecule has 1 saturated heterocycles. The summed E-state index contributed by atoms with van der Waals surface area (Å²) >= 11 is 13.4. The number of rotatable bonds is 5. The highest BCUT2D eigenvalue weighted by Crippen LogP contribution is 2.21. The molecule has 3 rings (SSSR count). The first kappa shape index (κ1) is 17.6. The lowest BCUT2D eigenvalue weighted by Crippen LogP contribution is -2.42. The normalized spacial score (nSPS) is 15.4. The lowest BCUT2D eigenvalue weighted by molar-refractivity contribution is 0.0955. The van der Waals surface area contributed by atoms with Gasteiger partial charge in [0, 0.05) is 42.8 Å². The van der Waals surface area contributed by atoms with Crippen LogP contribution < -0.4 is 10.6 Å². The molecule has 0 saturated carbocycles. The van der Waals surface area contributed by atoms with Crippen molar-refractivity contribution in [3.63, 3.8) is 0 Å². The molecule has 1 aliphatic rings. The van der Waals surface area contributed by atoms with Crippen LogP contribution in [0.25, 0.3) is 0 Å². The smallest absolute Gasteiger partial charge is 0.263 e. The van der Waals surface area contributed by atoms with E-state index in [2.05, 4.69) is 20.5 Å². The minimum atomic E-state index is -0.134. The average Bonchev–Trinajstić information content (AvgIpc) is 3.03. The first-order valence-corrected chi connectivity index (χ1v) is 9.29. The zero-order valence-corrected chi connectivity index (χ0v) is 15.3. The summed E-state index contributed by atoms with van der Waals surface area (Å²) in [6.07, 6.45) is 1.64. The third-order valence-corrected chi connectivity index (χ3v) is 5.37. The Kier molecular flexibility index (Phi) is 6.08. The van der Waals surface area contributed by atoms with Crippen LogP contribution in [-0.4, -0.2) is 42.0 Å². The molecular weight excluding hydrogens is 367 g/mol. The molecule has 128 valence electrons. The van der Waals surface area contributed by atoms with E-state index in [1.165, 1.54) is 11.3 Å². The van der Waals surface area contributed by atoms with Crippen LogP contribution in [0.4, 0.5) is 0 Å². The SMILES string of the molecule is O=C(NCc1ccc(Cl)cc1Cl)c1cnc(CN2CCNCC2)s1. The van der Waals surface area contributed by atoms with Crippen molar-refractivity contribution < 1.29 is 4.79 Å². The maximum atomic E-state index is 12.3. The van der Waals surface area contributed by atoms with Crippen LogP contribution in [0.2, 0.25) is 10.0 Å². The maximum absolute atomic E-state index is 12.3. The van der Waals surface area contributed by atoms with E-state index in [0.29, 0.717) is 21.5 Å². The van der Waals surface area contributed by atoms with Crippen molar-refractivity contribution >= 4 is 40.4 Å². The van der Waals surface area contributed by atoms with E-state index in [0.717, 1.165) is 43.3 Å². The van der Waals surface area contributed by atoms with Gasteiger partial charge in [-0.3, -0.25) is 9.69 Å². The van der Waals surface area contributed by atoms with E-state index in [9.17, 15) is 4.79 Å². The number of benzene rings is 1. The van der Waals surface area contributed by atoms with Crippen molar-refractivity contribution in [1.82, 2.24) is 20.5 Å². The molecule has 1 aromatic carbocycles. The van der Waals surface area contributed by atoms with Gasteiger partial charge in [0.2, 0.25) is 0 Å². The van der Waals surface area contributed by atoms with E-state index >= 15 is 0 Å². The Hall–Kier alpha value is -1.18. The van der Waals surface area contributed by atoms with E-state index < -0.39 is 0 Å². The van der Waals surface area contributed by atoms with Crippen molar-refractivity contribution in [2.75, 3.05) is 26.2 Å². The number of nitrogens with one attached hydrogen (secondary N) is 2. The van der Waals surface area contributed by atoms with Crippen molar-refractivity contribution in [2.24, 2.45) is 0 Å². The van der Waals surface area contributed by atoms with Gasteiger partial charge in [0.1, 0.15) is 9.88 Å². The molecule has 1 fully saturated rings. The Morgan fingerprint density at radius 3 is 2.88 bits per heavy atom. The van der Waals surface area contributed by atoms with Gasteiger partial charge in [-0.15, -0.1) is 11.3 Å². The predicted molar refractivity (Wildman–Crippen MR) is 97.9 cm³/mol. The van der Waals surface area contributed by atoms with Crippen molar-refractivity contribution in [3.8, 4) is 0 Å². The van der Waals surface area contributed by atoms with Crippen molar-refractivity contribution in [2.45, 2.75) is 13.1 Å². The molecule has 2 heterocycles. The van der Waals surface area contributed by atoms with E-state index in [4.69, 9.17) is 23.2 Å². The van der Waals surface area contributed by atoms with Gasteiger partial charge in [-0.05, 0) is 17.7 Å². The van der Waals surface area contributed by atoms with Gasteiger partial charge in [0.25, 0.3) is 5.91 Å². The Morgan fingerprint density at radius 1 is 1.33 bits per heavy atom. The number of amides is 1. The summed E-state index contributed by atoms with van der Waals surface area (Å²) < 4.78 is 0. The summed E-state index contributed by atoms with van der Waals surface area (Å²) in [5.74, 6) is -0.134. The fourth-order valence-electron chi connectivity index (χ4n) is 2.48. The number of piperazine rings is 1. The molecule has 0 atom stereocenters. The molecule has 0 bridgehead atoms. The van der Waals surface area contributed by atoms with Gasteiger partial charge in [-0.2, -0.15) is 0 Å². The lowest BCUT2D eigenvalue weighted by Gasteiger charge is -2.26. The molecule has 24 heavy (non-hydrogen) atoms.